The third-order valence-corrected chi connectivity index (χ3v) is 7.46. The van der Waals surface area contributed by atoms with Crippen molar-refractivity contribution in [3.63, 3.8) is 0 Å². The van der Waals surface area contributed by atoms with Gasteiger partial charge in [0.05, 0.1) is 31.7 Å². The van der Waals surface area contributed by atoms with Crippen molar-refractivity contribution in [2.24, 2.45) is 0 Å². The van der Waals surface area contributed by atoms with Gasteiger partial charge in [-0.05, 0) is 67.6 Å². The highest BCUT2D eigenvalue weighted by molar-refractivity contribution is 7.97. The van der Waals surface area contributed by atoms with Crippen LogP contribution in [0.25, 0.3) is 10.9 Å². The van der Waals surface area contributed by atoms with Gasteiger partial charge < -0.3 is 14.4 Å². The lowest BCUT2D eigenvalue weighted by Gasteiger charge is -2.19. The zero-order valence-corrected chi connectivity index (χ0v) is 23.1. The van der Waals surface area contributed by atoms with E-state index < -0.39 is 0 Å². The van der Waals surface area contributed by atoms with Crippen LogP contribution in [0.15, 0.2) is 66.9 Å². The number of hydrogen-bond donors (Lipinski definition) is 1. The molecule has 7 nitrogen and oxygen atoms in total. The predicted molar refractivity (Wildman–Crippen MR) is 155 cm³/mol. The molecule has 0 aliphatic carbocycles. The van der Waals surface area contributed by atoms with Gasteiger partial charge in [0.15, 0.2) is 5.75 Å². The fourth-order valence-corrected chi connectivity index (χ4v) is 5.61. The van der Waals surface area contributed by atoms with Gasteiger partial charge >= 0.3 is 0 Å². The second-order valence-electron chi connectivity index (χ2n) is 9.27. The van der Waals surface area contributed by atoms with Crippen LogP contribution in [0.2, 0.25) is 0 Å². The van der Waals surface area contributed by atoms with Crippen LogP contribution in [0.5, 0.6) is 11.5 Å². The summed E-state index contributed by atoms with van der Waals surface area (Å²) in [6.45, 7) is 7.11. The fraction of sp³-hybridized carbons (Fsp3) is 0.258. The minimum absolute atomic E-state index is 0.0305. The molecule has 0 spiro atoms. The standard InChI is InChI=1S/C31H31N3O4S/c1-4-37-29-23-12-9-15-32-28(23)30(38-5-2)24-18-34(31(36)27(24)29)25-14-13-22(16-20(25)3)19-39-33-26(35)17-21-10-7-6-8-11-21/h6-16H,4-5,17-19H2,1-3H3,(H,33,35). The Morgan fingerprint density at radius 2 is 1.77 bits per heavy atom. The van der Waals surface area contributed by atoms with Crippen LogP contribution >= 0.6 is 11.9 Å². The third kappa shape index (κ3) is 5.43. The highest BCUT2D eigenvalue weighted by atomic mass is 32.2. The van der Waals surface area contributed by atoms with Crippen LogP contribution in [0.4, 0.5) is 5.69 Å². The van der Waals surface area contributed by atoms with Gasteiger partial charge in [-0.3, -0.25) is 19.3 Å². The molecule has 1 aliphatic rings. The van der Waals surface area contributed by atoms with Gasteiger partial charge in [0.2, 0.25) is 5.91 Å². The largest absolute Gasteiger partial charge is 0.492 e. The summed E-state index contributed by atoms with van der Waals surface area (Å²) in [7, 11) is 0. The number of nitrogens with zero attached hydrogens (tertiary/aromatic N) is 2. The molecule has 5 rings (SSSR count). The van der Waals surface area contributed by atoms with Gasteiger partial charge in [0.1, 0.15) is 11.3 Å². The topological polar surface area (TPSA) is 80.8 Å². The van der Waals surface area contributed by atoms with Crippen LogP contribution in [0, 0.1) is 6.92 Å². The van der Waals surface area contributed by atoms with Gasteiger partial charge in [-0.15, -0.1) is 0 Å². The first-order valence-electron chi connectivity index (χ1n) is 13.1. The molecule has 1 N–H and O–H groups in total. The van der Waals surface area contributed by atoms with Crippen molar-refractivity contribution in [2.75, 3.05) is 18.1 Å². The molecule has 39 heavy (non-hydrogen) atoms. The molecule has 200 valence electrons. The Kier molecular flexibility index (Phi) is 8.02. The Labute approximate surface area is 232 Å². The number of carbonyl (C=O) groups excluding carboxylic acids is 2. The molecular formula is C31H31N3O4S. The average Bonchev–Trinajstić information content (AvgIpc) is 3.27. The molecule has 0 atom stereocenters. The molecular weight excluding hydrogens is 510 g/mol. The Balaban J connectivity index is 1.35. The van der Waals surface area contributed by atoms with Gasteiger partial charge in [-0.25, -0.2) is 0 Å². The van der Waals surface area contributed by atoms with E-state index in [1.807, 2.05) is 75.4 Å². The van der Waals surface area contributed by atoms with Gasteiger partial charge in [0.25, 0.3) is 5.91 Å². The molecule has 1 aromatic heterocycles. The van der Waals surface area contributed by atoms with E-state index in [1.54, 1.807) is 11.1 Å². The molecule has 4 aromatic rings. The van der Waals surface area contributed by atoms with Crippen LogP contribution in [0.1, 0.15) is 46.5 Å². The molecule has 1 aliphatic heterocycles. The maximum Gasteiger partial charge on any atom is 0.262 e. The molecule has 3 aromatic carbocycles. The number of pyridine rings is 1. The normalized spacial score (nSPS) is 12.5. The molecule has 0 radical (unpaired) electrons. The number of hydrogen-bond acceptors (Lipinski definition) is 6. The molecule has 2 heterocycles. The van der Waals surface area contributed by atoms with Crippen molar-refractivity contribution in [2.45, 2.75) is 39.5 Å². The Morgan fingerprint density at radius 1 is 1.00 bits per heavy atom. The third-order valence-electron chi connectivity index (χ3n) is 6.61. The van der Waals surface area contributed by atoms with Crippen molar-refractivity contribution in [3.8, 4) is 11.5 Å². The summed E-state index contributed by atoms with van der Waals surface area (Å²) in [6, 6.07) is 19.5. The molecule has 0 fully saturated rings. The summed E-state index contributed by atoms with van der Waals surface area (Å²) < 4.78 is 15.0. The number of anilines is 1. The van der Waals surface area contributed by atoms with Crippen molar-refractivity contribution in [3.05, 3.63) is 94.7 Å². The number of carbonyl (C=O) groups is 2. The summed E-state index contributed by atoms with van der Waals surface area (Å²) >= 11 is 1.37. The van der Waals surface area contributed by atoms with E-state index in [9.17, 15) is 9.59 Å². The quantitative estimate of drug-likeness (QED) is 0.248. The van der Waals surface area contributed by atoms with Crippen LogP contribution in [-0.2, 0) is 23.5 Å². The maximum atomic E-state index is 13.8. The number of ether oxygens (including phenoxy) is 2. The number of fused-ring (bicyclic) bond motifs is 2. The lowest BCUT2D eigenvalue weighted by atomic mass is 10.0. The lowest BCUT2D eigenvalue weighted by molar-refractivity contribution is -0.118. The summed E-state index contributed by atoms with van der Waals surface area (Å²) in [6.07, 6.45) is 2.08. The minimum Gasteiger partial charge on any atom is -0.492 e. The highest BCUT2D eigenvalue weighted by Gasteiger charge is 2.37. The highest BCUT2D eigenvalue weighted by Crippen LogP contribution is 2.45. The van der Waals surface area contributed by atoms with Crippen molar-refractivity contribution in [1.82, 2.24) is 9.71 Å². The molecule has 0 saturated carbocycles. The summed E-state index contributed by atoms with van der Waals surface area (Å²) in [5.41, 5.74) is 5.90. The van der Waals surface area contributed by atoms with Crippen LogP contribution in [0.3, 0.4) is 0 Å². The number of aryl methyl sites for hydroxylation is 1. The SMILES string of the molecule is CCOc1c2c(c(OCC)c3ncccc13)CN(c1ccc(CSNC(=O)Cc3ccccc3)cc1C)C2=O. The van der Waals surface area contributed by atoms with E-state index in [0.29, 0.717) is 54.5 Å². The van der Waals surface area contributed by atoms with Gasteiger partial charge in [-0.1, -0.05) is 42.5 Å². The average molecular weight is 542 g/mol. The van der Waals surface area contributed by atoms with E-state index in [1.165, 1.54) is 11.9 Å². The van der Waals surface area contributed by atoms with Gasteiger partial charge in [0, 0.05) is 28.6 Å². The monoisotopic (exact) mass is 541 g/mol. The maximum absolute atomic E-state index is 13.8. The van der Waals surface area contributed by atoms with Crippen molar-refractivity contribution >= 4 is 40.4 Å². The van der Waals surface area contributed by atoms with E-state index >= 15 is 0 Å². The minimum atomic E-state index is -0.112. The lowest BCUT2D eigenvalue weighted by Crippen LogP contribution is -2.24. The smallest absolute Gasteiger partial charge is 0.262 e. The first-order valence-corrected chi connectivity index (χ1v) is 14.0. The molecule has 2 amide bonds. The summed E-state index contributed by atoms with van der Waals surface area (Å²) in [5, 5.41) is 0.773. The van der Waals surface area contributed by atoms with E-state index in [-0.39, 0.29) is 11.8 Å². The first kappa shape index (κ1) is 26.6. The van der Waals surface area contributed by atoms with Crippen LogP contribution < -0.4 is 19.1 Å². The summed E-state index contributed by atoms with van der Waals surface area (Å²) in [4.78, 5) is 32.5. The molecule has 0 unspecified atom stereocenters. The molecule has 0 bridgehead atoms. The zero-order chi connectivity index (χ0) is 27.4. The number of amides is 2. The number of nitrogens with one attached hydrogen (secondary N) is 1. The number of aromatic nitrogens is 1. The molecule has 0 saturated heterocycles. The Morgan fingerprint density at radius 3 is 2.51 bits per heavy atom. The first-order chi connectivity index (χ1) is 19.0. The predicted octanol–water partition coefficient (Wildman–Crippen LogP) is 6.01. The number of rotatable bonds is 10. The fourth-order valence-electron chi connectivity index (χ4n) is 4.96. The van der Waals surface area contributed by atoms with Crippen molar-refractivity contribution < 1.29 is 19.1 Å². The summed E-state index contributed by atoms with van der Waals surface area (Å²) in [5.74, 6) is 1.67. The second kappa shape index (κ2) is 11.8. The number of benzene rings is 3. The van der Waals surface area contributed by atoms with E-state index in [0.717, 1.165) is 33.3 Å². The van der Waals surface area contributed by atoms with E-state index in [4.69, 9.17) is 9.47 Å². The second-order valence-corrected chi connectivity index (χ2v) is 10.0. The van der Waals surface area contributed by atoms with Gasteiger partial charge in [-0.2, -0.15) is 0 Å². The molecule has 8 heteroatoms. The Bertz CT molecular complexity index is 1520. The van der Waals surface area contributed by atoms with E-state index in [2.05, 4.69) is 15.8 Å². The van der Waals surface area contributed by atoms with Crippen molar-refractivity contribution in [1.29, 1.82) is 0 Å². The Hall–Kier alpha value is -4.04. The van der Waals surface area contributed by atoms with Crippen LogP contribution in [-0.4, -0.2) is 30.0 Å². The zero-order valence-electron chi connectivity index (χ0n) is 22.3.